The van der Waals surface area contributed by atoms with Crippen LogP contribution in [0.4, 0.5) is 11.6 Å². The highest BCUT2D eigenvalue weighted by Crippen LogP contribution is 2.24. The predicted molar refractivity (Wildman–Crippen MR) is 85.4 cm³/mol. The van der Waals surface area contributed by atoms with Crippen molar-refractivity contribution in [1.29, 1.82) is 0 Å². The minimum Gasteiger partial charge on any atom is -0.323 e. The predicted octanol–water partition coefficient (Wildman–Crippen LogP) is 3.57. The van der Waals surface area contributed by atoms with E-state index in [-0.39, 0.29) is 10.7 Å². The number of imidazole rings is 1. The van der Waals surface area contributed by atoms with Gasteiger partial charge in [0.05, 0.1) is 22.2 Å². The maximum atomic E-state index is 10.8. The first-order valence-corrected chi connectivity index (χ1v) is 6.69. The van der Waals surface area contributed by atoms with E-state index >= 15 is 0 Å². The molecule has 0 atom stereocenters. The van der Waals surface area contributed by atoms with Gasteiger partial charge in [-0.25, -0.2) is 10.4 Å². The first-order chi connectivity index (χ1) is 10.6. The van der Waals surface area contributed by atoms with Crippen molar-refractivity contribution in [2.75, 3.05) is 5.43 Å². The van der Waals surface area contributed by atoms with Gasteiger partial charge in [0.2, 0.25) is 5.95 Å². The molecule has 0 aliphatic heterocycles. The van der Waals surface area contributed by atoms with Gasteiger partial charge in [-0.15, -0.1) is 0 Å². The average Bonchev–Trinajstić information content (AvgIpc) is 2.91. The number of hydrazone groups is 1. The third kappa shape index (κ3) is 2.89. The minimum atomic E-state index is -0.535. The highest BCUT2D eigenvalue weighted by molar-refractivity contribution is 6.32. The fraction of sp³-hybridized carbons (Fsp3) is 0. The SMILES string of the molecule is O=[N+]([O-])c1cc(/C=N\Nc2nc3ccccc3[nH]2)ccc1Cl. The van der Waals surface area contributed by atoms with E-state index in [1.165, 1.54) is 18.3 Å². The summed E-state index contributed by atoms with van der Waals surface area (Å²) in [6, 6.07) is 12.0. The van der Waals surface area contributed by atoms with Crippen LogP contribution in [0, 0.1) is 10.1 Å². The Labute approximate surface area is 129 Å². The lowest BCUT2D eigenvalue weighted by atomic mass is 10.2. The molecule has 0 bridgehead atoms. The zero-order valence-corrected chi connectivity index (χ0v) is 11.9. The number of aromatic nitrogens is 2. The lowest BCUT2D eigenvalue weighted by Gasteiger charge is -1.97. The molecule has 1 aromatic heterocycles. The highest BCUT2D eigenvalue weighted by atomic mass is 35.5. The molecule has 0 aliphatic carbocycles. The third-order valence-corrected chi connectivity index (χ3v) is 3.26. The molecule has 0 aliphatic rings. The molecule has 0 spiro atoms. The molecule has 22 heavy (non-hydrogen) atoms. The van der Waals surface area contributed by atoms with Gasteiger partial charge < -0.3 is 4.98 Å². The summed E-state index contributed by atoms with van der Waals surface area (Å²) >= 11 is 5.75. The molecule has 0 saturated heterocycles. The fourth-order valence-corrected chi connectivity index (χ4v) is 2.11. The summed E-state index contributed by atoms with van der Waals surface area (Å²) in [5.74, 6) is 0.487. The number of nitro groups is 1. The molecule has 7 nitrogen and oxygen atoms in total. The third-order valence-electron chi connectivity index (χ3n) is 2.94. The van der Waals surface area contributed by atoms with Gasteiger partial charge in [0.25, 0.3) is 5.69 Å². The number of rotatable bonds is 4. The van der Waals surface area contributed by atoms with Crippen molar-refractivity contribution in [3.8, 4) is 0 Å². The molecule has 2 N–H and O–H groups in total. The Morgan fingerprint density at radius 3 is 2.91 bits per heavy atom. The minimum absolute atomic E-state index is 0.0902. The Morgan fingerprint density at radius 1 is 1.32 bits per heavy atom. The Hall–Kier alpha value is -2.93. The molecule has 0 unspecified atom stereocenters. The summed E-state index contributed by atoms with van der Waals surface area (Å²) in [4.78, 5) is 17.6. The number of benzene rings is 2. The van der Waals surface area contributed by atoms with Crippen molar-refractivity contribution in [1.82, 2.24) is 9.97 Å². The summed E-state index contributed by atoms with van der Waals surface area (Å²) in [5, 5.41) is 14.9. The maximum absolute atomic E-state index is 10.8. The van der Waals surface area contributed by atoms with Crippen LogP contribution in [0.2, 0.25) is 5.02 Å². The lowest BCUT2D eigenvalue weighted by molar-refractivity contribution is -0.384. The second kappa shape index (κ2) is 5.82. The normalized spacial score (nSPS) is 11.1. The number of hydrogen-bond acceptors (Lipinski definition) is 5. The summed E-state index contributed by atoms with van der Waals surface area (Å²) in [7, 11) is 0. The van der Waals surface area contributed by atoms with Gasteiger partial charge in [-0.05, 0) is 18.2 Å². The van der Waals surface area contributed by atoms with Crippen LogP contribution in [0.25, 0.3) is 11.0 Å². The molecule has 110 valence electrons. The Kier molecular flexibility index (Phi) is 3.71. The molecule has 2 aromatic carbocycles. The summed E-state index contributed by atoms with van der Waals surface area (Å²) < 4.78 is 0. The van der Waals surface area contributed by atoms with E-state index in [1.54, 1.807) is 6.07 Å². The van der Waals surface area contributed by atoms with Crippen molar-refractivity contribution >= 4 is 40.5 Å². The van der Waals surface area contributed by atoms with Crippen LogP contribution < -0.4 is 5.43 Å². The van der Waals surface area contributed by atoms with Crippen molar-refractivity contribution < 1.29 is 4.92 Å². The summed E-state index contributed by atoms with van der Waals surface area (Å²) in [6.45, 7) is 0. The van der Waals surface area contributed by atoms with E-state index in [1.807, 2.05) is 24.3 Å². The van der Waals surface area contributed by atoms with E-state index in [0.29, 0.717) is 11.5 Å². The van der Waals surface area contributed by atoms with E-state index in [9.17, 15) is 10.1 Å². The zero-order valence-electron chi connectivity index (χ0n) is 11.2. The van der Waals surface area contributed by atoms with Crippen LogP contribution in [-0.2, 0) is 0 Å². The quantitative estimate of drug-likeness (QED) is 0.437. The topological polar surface area (TPSA) is 96.2 Å². The second-order valence-corrected chi connectivity index (χ2v) is 4.85. The van der Waals surface area contributed by atoms with Crippen LogP contribution in [0.5, 0.6) is 0 Å². The number of nitrogens with one attached hydrogen (secondary N) is 2. The van der Waals surface area contributed by atoms with Gasteiger partial charge in [-0.2, -0.15) is 5.10 Å². The lowest BCUT2D eigenvalue weighted by Crippen LogP contribution is -1.94. The molecule has 8 heteroatoms. The standard InChI is InChI=1S/C14H10ClN5O2/c15-10-6-5-9(7-13(10)20(21)22)8-16-19-14-17-11-3-1-2-4-12(11)18-14/h1-8H,(H2,17,18,19)/b16-8-. The van der Waals surface area contributed by atoms with Crippen molar-refractivity contribution in [3.63, 3.8) is 0 Å². The van der Waals surface area contributed by atoms with Gasteiger partial charge in [0.15, 0.2) is 0 Å². The highest BCUT2D eigenvalue weighted by Gasteiger charge is 2.11. The molecule has 1 heterocycles. The van der Waals surface area contributed by atoms with Gasteiger partial charge >= 0.3 is 0 Å². The Balaban J connectivity index is 1.77. The average molecular weight is 316 g/mol. The molecule has 0 radical (unpaired) electrons. The van der Waals surface area contributed by atoms with Crippen molar-refractivity contribution in [3.05, 3.63) is 63.2 Å². The van der Waals surface area contributed by atoms with Gasteiger partial charge in [-0.1, -0.05) is 29.8 Å². The monoisotopic (exact) mass is 315 g/mol. The van der Waals surface area contributed by atoms with E-state index < -0.39 is 4.92 Å². The number of para-hydroxylation sites is 2. The number of halogens is 1. The van der Waals surface area contributed by atoms with Gasteiger partial charge in [-0.3, -0.25) is 10.1 Å². The molecule has 0 amide bonds. The number of H-pyrrole nitrogens is 1. The van der Waals surface area contributed by atoms with E-state index in [2.05, 4.69) is 20.5 Å². The molecule has 0 saturated carbocycles. The summed E-state index contributed by atoms with van der Waals surface area (Å²) in [5.41, 5.74) is 4.86. The number of nitro benzene ring substituents is 1. The zero-order chi connectivity index (χ0) is 15.5. The van der Waals surface area contributed by atoms with Crippen LogP contribution in [-0.4, -0.2) is 21.1 Å². The van der Waals surface area contributed by atoms with Crippen molar-refractivity contribution in [2.45, 2.75) is 0 Å². The first kappa shape index (κ1) is 14.0. The fourth-order valence-electron chi connectivity index (χ4n) is 1.92. The van der Waals surface area contributed by atoms with Gasteiger partial charge in [0, 0.05) is 11.6 Å². The number of aromatic amines is 1. The van der Waals surface area contributed by atoms with Crippen LogP contribution >= 0.6 is 11.6 Å². The van der Waals surface area contributed by atoms with Gasteiger partial charge in [0.1, 0.15) is 5.02 Å². The Bertz CT molecular complexity index is 842. The largest absolute Gasteiger partial charge is 0.323 e. The number of anilines is 1. The van der Waals surface area contributed by atoms with E-state index in [4.69, 9.17) is 11.6 Å². The number of hydrogen-bond donors (Lipinski definition) is 2. The second-order valence-electron chi connectivity index (χ2n) is 4.44. The first-order valence-electron chi connectivity index (χ1n) is 6.31. The van der Waals surface area contributed by atoms with E-state index in [0.717, 1.165) is 11.0 Å². The molecule has 3 rings (SSSR count). The smallest absolute Gasteiger partial charge is 0.288 e. The molecule has 3 aromatic rings. The number of fused-ring (bicyclic) bond motifs is 1. The molecule has 0 fully saturated rings. The van der Waals surface area contributed by atoms with Crippen LogP contribution in [0.15, 0.2) is 47.6 Å². The molecular weight excluding hydrogens is 306 g/mol. The number of nitrogens with zero attached hydrogens (tertiary/aromatic N) is 3. The van der Waals surface area contributed by atoms with Crippen LogP contribution in [0.3, 0.4) is 0 Å². The molecular formula is C14H10ClN5O2. The van der Waals surface area contributed by atoms with Crippen molar-refractivity contribution in [2.24, 2.45) is 5.10 Å². The van der Waals surface area contributed by atoms with Crippen LogP contribution in [0.1, 0.15) is 5.56 Å². The summed E-state index contributed by atoms with van der Waals surface area (Å²) in [6.07, 6.45) is 1.45. The maximum Gasteiger partial charge on any atom is 0.288 e. The Morgan fingerprint density at radius 2 is 2.14 bits per heavy atom.